The summed E-state index contributed by atoms with van der Waals surface area (Å²) in [6.07, 6.45) is 2.30. The number of ether oxygens (including phenoxy) is 2. The van der Waals surface area contributed by atoms with E-state index in [0.29, 0.717) is 0 Å². The second kappa shape index (κ2) is 6.33. The standard InChI is InChI=1S/C14H18INO5S/c1-19-22(17,18)16-13-12(10-6-2-3-7-11(10)15)20-14(21-13)8-4-5-9-14/h2-3,6-7,12-13,16H,4-5,8-9H2,1H3. The molecule has 2 aliphatic rings. The highest BCUT2D eigenvalue weighted by Gasteiger charge is 2.51. The van der Waals surface area contributed by atoms with Gasteiger partial charge in [0.25, 0.3) is 0 Å². The molecule has 6 nitrogen and oxygen atoms in total. The molecule has 1 saturated carbocycles. The first kappa shape index (κ1) is 16.6. The van der Waals surface area contributed by atoms with Gasteiger partial charge < -0.3 is 9.47 Å². The molecule has 3 rings (SSSR count). The number of hydrogen-bond acceptors (Lipinski definition) is 5. The molecule has 2 unspecified atom stereocenters. The van der Waals surface area contributed by atoms with Crippen molar-refractivity contribution in [2.45, 2.75) is 43.8 Å². The summed E-state index contributed by atoms with van der Waals surface area (Å²) in [6.45, 7) is 0. The summed E-state index contributed by atoms with van der Waals surface area (Å²) < 4.78 is 43.6. The molecular weight excluding hydrogens is 421 g/mol. The van der Waals surface area contributed by atoms with Crippen molar-refractivity contribution in [3.8, 4) is 0 Å². The minimum Gasteiger partial charge on any atom is -0.338 e. The Bertz CT molecular complexity index is 644. The maximum Gasteiger partial charge on any atom is 0.337 e. The lowest BCUT2D eigenvalue weighted by molar-refractivity contribution is -0.170. The maximum atomic E-state index is 11.7. The molecule has 22 heavy (non-hydrogen) atoms. The second-order valence-electron chi connectivity index (χ2n) is 5.45. The van der Waals surface area contributed by atoms with E-state index in [9.17, 15) is 8.42 Å². The molecule has 1 aromatic carbocycles. The first-order valence-corrected chi connectivity index (χ1v) is 9.61. The van der Waals surface area contributed by atoms with Crippen molar-refractivity contribution in [1.29, 1.82) is 0 Å². The molecule has 1 aromatic rings. The van der Waals surface area contributed by atoms with Crippen molar-refractivity contribution in [2.75, 3.05) is 7.11 Å². The second-order valence-corrected chi connectivity index (χ2v) is 8.09. The van der Waals surface area contributed by atoms with Crippen molar-refractivity contribution in [3.63, 3.8) is 0 Å². The van der Waals surface area contributed by atoms with Gasteiger partial charge in [0, 0.05) is 16.4 Å². The fourth-order valence-corrected chi connectivity index (χ4v) is 4.22. The molecule has 0 radical (unpaired) electrons. The van der Waals surface area contributed by atoms with Crippen LogP contribution in [0.5, 0.6) is 0 Å². The van der Waals surface area contributed by atoms with Gasteiger partial charge in [0.1, 0.15) is 6.10 Å². The van der Waals surface area contributed by atoms with E-state index >= 15 is 0 Å². The lowest BCUT2D eigenvalue weighted by Crippen LogP contribution is -2.39. The van der Waals surface area contributed by atoms with Crippen molar-refractivity contribution in [1.82, 2.24) is 4.72 Å². The van der Waals surface area contributed by atoms with Gasteiger partial charge in [0.15, 0.2) is 12.0 Å². The molecule has 1 heterocycles. The number of benzene rings is 1. The third-order valence-electron chi connectivity index (χ3n) is 4.02. The molecule has 2 atom stereocenters. The van der Waals surface area contributed by atoms with E-state index in [2.05, 4.69) is 31.5 Å². The number of hydrogen-bond donors (Lipinski definition) is 1. The Labute approximate surface area is 143 Å². The third kappa shape index (κ3) is 3.31. The van der Waals surface area contributed by atoms with E-state index < -0.39 is 28.4 Å². The van der Waals surface area contributed by atoms with Crippen LogP contribution in [0.3, 0.4) is 0 Å². The van der Waals surface area contributed by atoms with Crippen LogP contribution in [0.25, 0.3) is 0 Å². The topological polar surface area (TPSA) is 73.9 Å². The predicted octanol–water partition coefficient (Wildman–Crippen LogP) is 2.46. The molecular formula is C14H18INO5S. The molecule has 0 amide bonds. The third-order valence-corrected chi connectivity index (χ3v) is 5.96. The average molecular weight is 439 g/mol. The van der Waals surface area contributed by atoms with Crippen molar-refractivity contribution in [2.24, 2.45) is 0 Å². The summed E-state index contributed by atoms with van der Waals surface area (Å²) in [5.74, 6) is -0.690. The predicted molar refractivity (Wildman–Crippen MR) is 88.1 cm³/mol. The van der Waals surface area contributed by atoms with Gasteiger partial charge in [-0.15, -0.1) is 0 Å². The first-order valence-electron chi connectivity index (χ1n) is 7.13. The van der Waals surface area contributed by atoms with Crippen LogP contribution in [0.1, 0.15) is 37.4 Å². The van der Waals surface area contributed by atoms with Gasteiger partial charge in [-0.2, -0.15) is 13.1 Å². The molecule has 1 N–H and O–H groups in total. The number of nitrogens with one attached hydrogen (secondary N) is 1. The first-order chi connectivity index (χ1) is 10.4. The molecule has 1 aliphatic heterocycles. The lowest BCUT2D eigenvalue weighted by Gasteiger charge is -2.21. The van der Waals surface area contributed by atoms with Crippen LogP contribution in [0.4, 0.5) is 0 Å². The fraction of sp³-hybridized carbons (Fsp3) is 0.571. The Balaban J connectivity index is 1.92. The number of halogens is 1. The largest absolute Gasteiger partial charge is 0.338 e. The fourth-order valence-electron chi connectivity index (χ4n) is 2.97. The Morgan fingerprint density at radius 1 is 1.27 bits per heavy atom. The van der Waals surface area contributed by atoms with E-state index in [1.807, 2.05) is 24.3 Å². The van der Waals surface area contributed by atoms with Gasteiger partial charge in [-0.3, -0.25) is 4.18 Å². The molecule has 1 spiro atoms. The van der Waals surface area contributed by atoms with Gasteiger partial charge in [0.05, 0.1) is 7.11 Å². The maximum absolute atomic E-state index is 11.7. The average Bonchev–Trinajstić information content (AvgIpc) is 3.07. The summed E-state index contributed by atoms with van der Waals surface area (Å²) in [5.41, 5.74) is 0.913. The van der Waals surface area contributed by atoms with Crippen LogP contribution in [0.15, 0.2) is 24.3 Å². The summed E-state index contributed by atoms with van der Waals surface area (Å²) >= 11 is 2.21. The van der Waals surface area contributed by atoms with Crippen LogP contribution in [0.2, 0.25) is 0 Å². The number of rotatable bonds is 4. The minimum atomic E-state index is -3.86. The smallest absolute Gasteiger partial charge is 0.337 e. The minimum absolute atomic E-state index is 0.490. The van der Waals surface area contributed by atoms with Crippen LogP contribution in [-0.2, 0) is 24.0 Å². The van der Waals surface area contributed by atoms with Gasteiger partial charge >= 0.3 is 10.3 Å². The summed E-state index contributed by atoms with van der Waals surface area (Å²) in [6, 6.07) is 7.72. The van der Waals surface area contributed by atoms with Gasteiger partial charge in [-0.05, 0) is 47.1 Å². The Hall–Kier alpha value is -0.260. The van der Waals surface area contributed by atoms with Crippen LogP contribution < -0.4 is 4.72 Å². The van der Waals surface area contributed by atoms with E-state index in [1.165, 1.54) is 0 Å². The summed E-state index contributed by atoms with van der Waals surface area (Å²) in [4.78, 5) is 0. The zero-order valence-electron chi connectivity index (χ0n) is 12.1. The van der Waals surface area contributed by atoms with Gasteiger partial charge in [-0.25, -0.2) is 0 Å². The SMILES string of the molecule is COS(=O)(=O)NC1OC2(CCCC2)OC1c1ccccc1I. The van der Waals surface area contributed by atoms with Crippen molar-refractivity contribution in [3.05, 3.63) is 33.4 Å². The quantitative estimate of drug-likeness (QED) is 0.730. The van der Waals surface area contributed by atoms with Gasteiger partial charge in [0.2, 0.25) is 0 Å². The molecule has 0 aromatic heterocycles. The normalized spacial score (nSPS) is 27.5. The molecule has 8 heteroatoms. The Kier molecular flexibility index (Phi) is 4.77. The molecule has 0 bridgehead atoms. The monoisotopic (exact) mass is 439 g/mol. The Morgan fingerprint density at radius 3 is 2.59 bits per heavy atom. The van der Waals surface area contributed by atoms with E-state index in [4.69, 9.17) is 9.47 Å². The van der Waals surface area contributed by atoms with E-state index in [1.54, 1.807) is 0 Å². The molecule has 1 aliphatic carbocycles. The zero-order chi connectivity index (χ0) is 15.8. The molecule has 1 saturated heterocycles. The van der Waals surface area contributed by atoms with Crippen LogP contribution >= 0.6 is 22.6 Å². The highest BCUT2D eigenvalue weighted by Crippen LogP contribution is 2.47. The van der Waals surface area contributed by atoms with Crippen molar-refractivity contribution < 1.29 is 22.1 Å². The van der Waals surface area contributed by atoms with E-state index in [-0.39, 0.29) is 0 Å². The zero-order valence-corrected chi connectivity index (χ0v) is 15.1. The molecule has 122 valence electrons. The summed E-state index contributed by atoms with van der Waals surface area (Å²) in [5, 5.41) is 0. The van der Waals surface area contributed by atoms with Crippen molar-refractivity contribution >= 4 is 32.9 Å². The highest BCUT2D eigenvalue weighted by atomic mass is 127. The lowest BCUT2D eigenvalue weighted by atomic mass is 10.1. The van der Waals surface area contributed by atoms with Crippen LogP contribution in [0, 0.1) is 3.57 Å². The summed E-state index contributed by atoms with van der Waals surface area (Å²) in [7, 11) is -2.74. The van der Waals surface area contributed by atoms with E-state index in [0.717, 1.165) is 41.9 Å². The van der Waals surface area contributed by atoms with Crippen LogP contribution in [-0.4, -0.2) is 27.5 Å². The molecule has 2 fully saturated rings. The highest BCUT2D eigenvalue weighted by molar-refractivity contribution is 14.1. The Morgan fingerprint density at radius 2 is 1.95 bits per heavy atom. The van der Waals surface area contributed by atoms with Gasteiger partial charge in [-0.1, -0.05) is 18.2 Å².